The molecule has 0 spiro atoms. The lowest BCUT2D eigenvalue weighted by molar-refractivity contribution is -0.111. The minimum absolute atomic E-state index is 0.496. The van der Waals surface area contributed by atoms with Crippen molar-refractivity contribution in [2.75, 3.05) is 5.75 Å². The summed E-state index contributed by atoms with van der Waals surface area (Å²) in [6.07, 6.45) is 7.00. The molecule has 1 aliphatic rings. The van der Waals surface area contributed by atoms with Crippen LogP contribution in [-0.2, 0) is 17.3 Å². The number of carbonyl (C=O) groups excluding carboxylic acids is 1. The molecule has 1 aliphatic carbocycles. The molecule has 0 bridgehead atoms. The molecular formula is C22H23N3OS. The number of hydrogen-bond donors (Lipinski definition) is 0. The van der Waals surface area contributed by atoms with Crippen molar-refractivity contribution in [1.82, 2.24) is 14.8 Å². The van der Waals surface area contributed by atoms with Crippen molar-refractivity contribution >= 4 is 18.0 Å². The summed E-state index contributed by atoms with van der Waals surface area (Å²) < 4.78 is 1.94. The third-order valence-electron chi connectivity index (χ3n) is 5.42. The van der Waals surface area contributed by atoms with Gasteiger partial charge < -0.3 is 9.36 Å². The molecule has 0 amide bonds. The van der Waals surface area contributed by atoms with E-state index in [4.69, 9.17) is 0 Å². The van der Waals surface area contributed by atoms with E-state index in [2.05, 4.69) is 46.6 Å². The standard InChI is InChI=1S/C22H23N3OS/c1-25-16-23-24-21(25)27-14-8-2-7-13-22(15-26)19-11-5-3-9-17(19)18-10-4-6-12-20(18)22/h3-6,9-12,15-16H,2,7-8,13-14H2,1H3. The molecular weight excluding hydrogens is 354 g/mol. The summed E-state index contributed by atoms with van der Waals surface area (Å²) in [5.74, 6) is 1.02. The van der Waals surface area contributed by atoms with Crippen molar-refractivity contribution in [3.05, 3.63) is 66.0 Å². The van der Waals surface area contributed by atoms with E-state index < -0.39 is 5.41 Å². The predicted molar refractivity (Wildman–Crippen MR) is 109 cm³/mol. The molecule has 0 unspecified atom stereocenters. The molecule has 1 aromatic heterocycles. The number of nitrogens with zero attached hydrogens (tertiary/aromatic N) is 3. The van der Waals surface area contributed by atoms with Crippen molar-refractivity contribution in [3.63, 3.8) is 0 Å². The number of hydrogen-bond acceptors (Lipinski definition) is 4. The molecule has 4 rings (SSSR count). The SMILES string of the molecule is Cn1cnnc1SCCCCCC1(C=O)c2ccccc2-c2ccccc21. The summed E-state index contributed by atoms with van der Waals surface area (Å²) >= 11 is 1.74. The molecule has 138 valence electrons. The van der Waals surface area contributed by atoms with Crippen LogP contribution in [0.3, 0.4) is 0 Å². The maximum atomic E-state index is 12.3. The Hall–Kier alpha value is -2.40. The van der Waals surface area contributed by atoms with Gasteiger partial charge in [0.25, 0.3) is 0 Å². The van der Waals surface area contributed by atoms with Crippen LogP contribution in [0.2, 0.25) is 0 Å². The Morgan fingerprint density at radius 3 is 2.26 bits per heavy atom. The molecule has 0 fully saturated rings. The molecule has 3 aromatic rings. The van der Waals surface area contributed by atoms with Crippen molar-refractivity contribution < 1.29 is 4.79 Å². The summed E-state index contributed by atoms with van der Waals surface area (Å²) in [5, 5.41) is 8.96. The van der Waals surface area contributed by atoms with E-state index in [-0.39, 0.29) is 0 Å². The Bertz CT molecular complexity index is 904. The summed E-state index contributed by atoms with van der Waals surface area (Å²) in [4.78, 5) is 12.3. The van der Waals surface area contributed by atoms with Gasteiger partial charge in [0.2, 0.25) is 0 Å². The third kappa shape index (κ3) is 3.21. The van der Waals surface area contributed by atoms with Crippen LogP contribution in [-0.4, -0.2) is 26.8 Å². The van der Waals surface area contributed by atoms with Gasteiger partial charge in [-0.25, -0.2) is 0 Å². The zero-order valence-corrected chi connectivity index (χ0v) is 16.3. The number of aldehydes is 1. The molecule has 27 heavy (non-hydrogen) atoms. The van der Waals surface area contributed by atoms with Crippen molar-refractivity contribution in [1.29, 1.82) is 0 Å². The smallest absolute Gasteiger partial charge is 0.190 e. The highest BCUT2D eigenvalue weighted by molar-refractivity contribution is 7.99. The van der Waals surface area contributed by atoms with Gasteiger partial charge in [-0.05, 0) is 35.1 Å². The molecule has 1 heterocycles. The summed E-state index contributed by atoms with van der Waals surface area (Å²) in [7, 11) is 1.96. The fraction of sp³-hybridized carbons (Fsp3) is 0.318. The van der Waals surface area contributed by atoms with Crippen LogP contribution in [0.5, 0.6) is 0 Å². The highest BCUT2D eigenvalue weighted by Crippen LogP contribution is 2.50. The van der Waals surface area contributed by atoms with Gasteiger partial charge in [0.15, 0.2) is 5.16 Å². The Labute approximate surface area is 164 Å². The zero-order chi connectivity index (χ0) is 18.7. The summed E-state index contributed by atoms with van der Waals surface area (Å²) in [5.41, 5.74) is 4.24. The minimum Gasteiger partial charge on any atom is -0.312 e. The lowest BCUT2D eigenvalue weighted by Crippen LogP contribution is -2.27. The van der Waals surface area contributed by atoms with Crippen molar-refractivity contribution in [3.8, 4) is 11.1 Å². The van der Waals surface area contributed by atoms with Gasteiger partial charge in [-0.2, -0.15) is 0 Å². The van der Waals surface area contributed by atoms with Gasteiger partial charge in [-0.15, -0.1) is 10.2 Å². The van der Waals surface area contributed by atoms with E-state index in [1.165, 1.54) is 17.4 Å². The topological polar surface area (TPSA) is 47.8 Å². The van der Waals surface area contributed by atoms with Crippen molar-refractivity contribution in [2.24, 2.45) is 7.05 Å². The van der Waals surface area contributed by atoms with Crippen LogP contribution in [0.4, 0.5) is 0 Å². The van der Waals surface area contributed by atoms with E-state index >= 15 is 0 Å². The number of aromatic nitrogens is 3. The van der Waals surface area contributed by atoms with E-state index in [0.717, 1.165) is 47.7 Å². The normalized spacial score (nSPS) is 14.0. The molecule has 0 atom stereocenters. The number of rotatable bonds is 8. The molecule has 0 N–H and O–H groups in total. The number of thioether (sulfide) groups is 1. The number of fused-ring (bicyclic) bond motifs is 3. The van der Waals surface area contributed by atoms with Crippen LogP contribution in [0, 0.1) is 0 Å². The zero-order valence-electron chi connectivity index (χ0n) is 15.5. The fourth-order valence-electron chi connectivity index (χ4n) is 4.06. The molecule has 4 nitrogen and oxygen atoms in total. The van der Waals surface area contributed by atoms with Gasteiger partial charge in [-0.3, -0.25) is 0 Å². The lowest BCUT2D eigenvalue weighted by atomic mass is 9.75. The Kier molecular flexibility index (Phi) is 5.12. The van der Waals surface area contributed by atoms with E-state index in [1.807, 2.05) is 23.7 Å². The number of benzene rings is 2. The van der Waals surface area contributed by atoms with Gasteiger partial charge in [0.1, 0.15) is 12.6 Å². The molecule has 2 aromatic carbocycles. The van der Waals surface area contributed by atoms with Gasteiger partial charge >= 0.3 is 0 Å². The first-order chi connectivity index (χ1) is 13.3. The first kappa shape index (κ1) is 18.0. The molecule has 0 saturated heterocycles. The van der Waals surface area contributed by atoms with Crippen LogP contribution in [0.15, 0.2) is 60.0 Å². The molecule has 0 aliphatic heterocycles. The van der Waals surface area contributed by atoms with Gasteiger partial charge in [-0.1, -0.05) is 73.1 Å². The number of carbonyl (C=O) groups is 1. The monoisotopic (exact) mass is 377 g/mol. The lowest BCUT2D eigenvalue weighted by Gasteiger charge is -2.25. The Balaban J connectivity index is 1.43. The predicted octanol–water partition coefficient (Wildman–Crippen LogP) is 4.63. The third-order valence-corrected chi connectivity index (χ3v) is 6.54. The highest BCUT2D eigenvalue weighted by atomic mass is 32.2. The maximum absolute atomic E-state index is 12.3. The second-order valence-electron chi connectivity index (χ2n) is 7.06. The minimum atomic E-state index is -0.496. The van der Waals surface area contributed by atoms with Gasteiger partial charge in [0, 0.05) is 12.8 Å². The number of unbranched alkanes of at least 4 members (excludes halogenated alkanes) is 2. The second-order valence-corrected chi connectivity index (χ2v) is 8.13. The average Bonchev–Trinajstić information content (AvgIpc) is 3.24. The summed E-state index contributed by atoms with van der Waals surface area (Å²) in [6, 6.07) is 16.7. The fourth-order valence-corrected chi connectivity index (χ4v) is 4.95. The Morgan fingerprint density at radius 1 is 1.00 bits per heavy atom. The Morgan fingerprint density at radius 2 is 1.67 bits per heavy atom. The van der Waals surface area contributed by atoms with Gasteiger partial charge in [0.05, 0.1) is 5.41 Å². The first-order valence-electron chi connectivity index (χ1n) is 9.39. The molecule has 5 heteroatoms. The molecule has 0 saturated carbocycles. The maximum Gasteiger partial charge on any atom is 0.190 e. The van der Waals surface area contributed by atoms with E-state index in [9.17, 15) is 4.79 Å². The molecule has 0 radical (unpaired) electrons. The van der Waals surface area contributed by atoms with Crippen LogP contribution in [0.25, 0.3) is 11.1 Å². The summed E-state index contributed by atoms with van der Waals surface area (Å²) in [6.45, 7) is 0. The largest absolute Gasteiger partial charge is 0.312 e. The number of aryl methyl sites for hydroxylation is 1. The first-order valence-corrected chi connectivity index (χ1v) is 10.4. The van der Waals surface area contributed by atoms with Crippen molar-refractivity contribution in [2.45, 2.75) is 36.3 Å². The van der Waals surface area contributed by atoms with Crippen LogP contribution < -0.4 is 0 Å². The van der Waals surface area contributed by atoms with Crippen LogP contribution >= 0.6 is 11.8 Å². The second kappa shape index (κ2) is 7.69. The quantitative estimate of drug-likeness (QED) is 0.326. The van der Waals surface area contributed by atoms with E-state index in [0.29, 0.717) is 0 Å². The highest BCUT2D eigenvalue weighted by Gasteiger charge is 2.42. The average molecular weight is 378 g/mol. The van der Waals surface area contributed by atoms with Crippen LogP contribution in [0.1, 0.15) is 36.8 Å². The van der Waals surface area contributed by atoms with E-state index in [1.54, 1.807) is 18.1 Å².